The van der Waals surface area contributed by atoms with Crippen LogP contribution in [0.15, 0.2) is 53.7 Å². The Morgan fingerprint density at radius 1 is 1.12 bits per heavy atom. The molecule has 2 amide bonds. The number of esters is 1. The molecule has 0 radical (unpaired) electrons. The Morgan fingerprint density at radius 3 is 2.53 bits per heavy atom. The lowest BCUT2D eigenvalue weighted by atomic mass is 10.2. The number of benzene rings is 2. The van der Waals surface area contributed by atoms with Gasteiger partial charge >= 0.3 is 5.97 Å². The van der Waals surface area contributed by atoms with Crippen LogP contribution in [0.5, 0.6) is 0 Å². The highest BCUT2D eigenvalue weighted by molar-refractivity contribution is 7.99. The summed E-state index contributed by atoms with van der Waals surface area (Å²) < 4.78 is 6.67. The first-order chi connectivity index (χ1) is 16.3. The molecule has 1 heterocycles. The number of hydrogen-bond acceptors (Lipinski definition) is 7. The predicted octanol–water partition coefficient (Wildman–Crippen LogP) is 3.87. The molecule has 0 aliphatic carbocycles. The van der Waals surface area contributed by atoms with E-state index in [0.717, 1.165) is 0 Å². The van der Waals surface area contributed by atoms with Gasteiger partial charge in [-0.3, -0.25) is 9.59 Å². The zero-order chi connectivity index (χ0) is 24.7. The van der Waals surface area contributed by atoms with Gasteiger partial charge < -0.3 is 19.9 Å². The third-order valence-electron chi connectivity index (χ3n) is 4.70. The molecule has 178 valence electrons. The van der Waals surface area contributed by atoms with Gasteiger partial charge in [0.15, 0.2) is 11.0 Å². The van der Waals surface area contributed by atoms with Crippen LogP contribution in [0, 0.1) is 0 Å². The summed E-state index contributed by atoms with van der Waals surface area (Å²) in [5.74, 6) is -0.268. The molecule has 1 unspecified atom stereocenters. The highest BCUT2D eigenvalue weighted by atomic mass is 35.5. The number of aromatic nitrogens is 3. The van der Waals surface area contributed by atoms with Gasteiger partial charge in [-0.25, -0.2) is 4.79 Å². The number of carbonyl (C=O) groups excluding carboxylic acids is 3. The molecule has 0 aliphatic heterocycles. The van der Waals surface area contributed by atoms with E-state index in [4.69, 9.17) is 16.3 Å². The Balaban J connectivity index is 1.54. The second-order valence-electron chi connectivity index (χ2n) is 7.24. The molecule has 0 bridgehead atoms. The van der Waals surface area contributed by atoms with Crippen LogP contribution in [0.1, 0.15) is 46.4 Å². The van der Waals surface area contributed by atoms with Gasteiger partial charge in [0.2, 0.25) is 5.91 Å². The van der Waals surface area contributed by atoms with E-state index in [1.165, 1.54) is 11.8 Å². The number of thioether (sulfide) groups is 1. The summed E-state index contributed by atoms with van der Waals surface area (Å²) in [7, 11) is 1.77. The van der Waals surface area contributed by atoms with Crippen molar-refractivity contribution in [1.29, 1.82) is 0 Å². The van der Waals surface area contributed by atoms with Crippen LogP contribution >= 0.6 is 23.4 Å². The van der Waals surface area contributed by atoms with Crippen LogP contribution in [0.2, 0.25) is 5.02 Å². The van der Waals surface area contributed by atoms with Crippen LogP contribution in [-0.4, -0.2) is 44.9 Å². The van der Waals surface area contributed by atoms with Gasteiger partial charge in [-0.15, -0.1) is 10.2 Å². The number of halogens is 1. The van der Waals surface area contributed by atoms with Crippen molar-refractivity contribution in [3.8, 4) is 0 Å². The maximum absolute atomic E-state index is 12.5. The van der Waals surface area contributed by atoms with Crippen molar-refractivity contribution in [1.82, 2.24) is 20.1 Å². The van der Waals surface area contributed by atoms with Crippen LogP contribution < -0.4 is 10.6 Å². The molecule has 11 heteroatoms. The van der Waals surface area contributed by atoms with E-state index in [-0.39, 0.29) is 17.6 Å². The standard InChI is InChI=1S/C23H24ClN5O4S/c1-4-33-22(32)15-8-10-18(11-9-15)26-19(30)13-34-23-28-27-20(29(23)3)14(2)25-21(31)16-6-5-7-17(24)12-16/h5-12,14H,4,13H2,1-3H3,(H,25,31)(H,26,30). The monoisotopic (exact) mass is 501 g/mol. The minimum Gasteiger partial charge on any atom is -0.462 e. The quantitative estimate of drug-likeness (QED) is 0.338. The first kappa shape index (κ1) is 25.3. The normalized spacial score (nSPS) is 11.5. The first-order valence-electron chi connectivity index (χ1n) is 10.4. The van der Waals surface area contributed by atoms with E-state index < -0.39 is 12.0 Å². The van der Waals surface area contributed by atoms with E-state index in [2.05, 4.69) is 20.8 Å². The van der Waals surface area contributed by atoms with E-state index in [1.54, 1.807) is 74.0 Å². The molecule has 0 fully saturated rings. The molecule has 3 aromatic rings. The van der Waals surface area contributed by atoms with Crippen LogP contribution in [0.3, 0.4) is 0 Å². The van der Waals surface area contributed by atoms with Gasteiger partial charge in [0.25, 0.3) is 5.91 Å². The van der Waals surface area contributed by atoms with Crippen molar-refractivity contribution in [3.63, 3.8) is 0 Å². The molecule has 3 rings (SSSR count). The maximum Gasteiger partial charge on any atom is 0.338 e. The Morgan fingerprint density at radius 2 is 1.85 bits per heavy atom. The summed E-state index contributed by atoms with van der Waals surface area (Å²) in [6.45, 7) is 3.83. The second kappa shape index (κ2) is 11.7. The summed E-state index contributed by atoms with van der Waals surface area (Å²) in [5.41, 5.74) is 1.43. The Labute approximate surface area is 206 Å². The lowest BCUT2D eigenvalue weighted by Gasteiger charge is -2.13. The van der Waals surface area contributed by atoms with Crippen LogP contribution in [0.4, 0.5) is 5.69 Å². The van der Waals surface area contributed by atoms with Crippen molar-refractivity contribution >= 4 is 46.8 Å². The van der Waals surface area contributed by atoms with Crippen molar-refractivity contribution in [3.05, 3.63) is 70.5 Å². The Hall–Kier alpha value is -3.37. The van der Waals surface area contributed by atoms with E-state index in [9.17, 15) is 14.4 Å². The molecule has 9 nitrogen and oxygen atoms in total. The highest BCUT2D eigenvalue weighted by Crippen LogP contribution is 2.20. The van der Waals surface area contributed by atoms with Gasteiger partial charge in [-0.05, 0) is 56.3 Å². The van der Waals surface area contributed by atoms with Gasteiger partial charge in [-0.2, -0.15) is 0 Å². The van der Waals surface area contributed by atoms with Crippen LogP contribution in [0.25, 0.3) is 0 Å². The Bertz CT molecular complexity index is 1180. The fourth-order valence-electron chi connectivity index (χ4n) is 3.03. The second-order valence-corrected chi connectivity index (χ2v) is 8.62. The predicted molar refractivity (Wildman–Crippen MR) is 130 cm³/mol. The number of amides is 2. The van der Waals surface area contributed by atoms with Gasteiger partial charge in [-0.1, -0.05) is 29.4 Å². The average molecular weight is 502 g/mol. The molecule has 0 saturated heterocycles. The molecule has 2 N–H and O–H groups in total. The molecule has 1 aromatic heterocycles. The number of ether oxygens (including phenoxy) is 1. The minimum absolute atomic E-state index is 0.106. The molecular formula is C23H24ClN5O4S. The maximum atomic E-state index is 12.5. The number of nitrogens with one attached hydrogen (secondary N) is 2. The minimum atomic E-state index is -0.412. The fourth-order valence-corrected chi connectivity index (χ4v) is 3.94. The van der Waals surface area contributed by atoms with Crippen molar-refractivity contribution in [2.75, 3.05) is 17.7 Å². The van der Waals surface area contributed by atoms with Gasteiger partial charge in [0.1, 0.15) is 0 Å². The van der Waals surface area contributed by atoms with E-state index >= 15 is 0 Å². The number of hydrogen-bond donors (Lipinski definition) is 2. The fraction of sp³-hybridized carbons (Fsp3) is 0.261. The van der Waals surface area contributed by atoms with Crippen LogP contribution in [-0.2, 0) is 16.6 Å². The third-order valence-corrected chi connectivity index (χ3v) is 5.96. The summed E-state index contributed by atoms with van der Waals surface area (Å²) >= 11 is 7.17. The first-order valence-corrected chi connectivity index (χ1v) is 11.8. The third kappa shape index (κ3) is 6.58. The van der Waals surface area contributed by atoms with E-state index in [1.807, 2.05) is 0 Å². The lowest BCUT2D eigenvalue weighted by Crippen LogP contribution is -2.28. The summed E-state index contributed by atoms with van der Waals surface area (Å²) in [6.07, 6.45) is 0. The number of nitrogens with zero attached hydrogens (tertiary/aromatic N) is 3. The highest BCUT2D eigenvalue weighted by Gasteiger charge is 2.19. The number of rotatable bonds is 9. The summed E-state index contributed by atoms with van der Waals surface area (Å²) in [5, 5.41) is 14.9. The number of anilines is 1. The van der Waals surface area contributed by atoms with E-state index in [0.29, 0.717) is 39.4 Å². The zero-order valence-electron chi connectivity index (χ0n) is 18.9. The van der Waals surface area contributed by atoms with Gasteiger partial charge in [0.05, 0.1) is 24.0 Å². The smallest absolute Gasteiger partial charge is 0.338 e. The molecular weight excluding hydrogens is 478 g/mol. The topological polar surface area (TPSA) is 115 Å². The number of carbonyl (C=O) groups is 3. The average Bonchev–Trinajstić information content (AvgIpc) is 3.18. The zero-order valence-corrected chi connectivity index (χ0v) is 20.4. The van der Waals surface area contributed by atoms with Crippen molar-refractivity contribution < 1.29 is 19.1 Å². The molecule has 2 aromatic carbocycles. The van der Waals surface area contributed by atoms with Gasteiger partial charge in [0, 0.05) is 23.3 Å². The lowest BCUT2D eigenvalue weighted by molar-refractivity contribution is -0.113. The molecule has 0 spiro atoms. The summed E-state index contributed by atoms with van der Waals surface area (Å²) in [4.78, 5) is 36.5. The molecule has 1 atom stereocenters. The largest absolute Gasteiger partial charge is 0.462 e. The van der Waals surface area contributed by atoms with Crippen molar-refractivity contribution in [2.24, 2.45) is 7.05 Å². The van der Waals surface area contributed by atoms with Crippen molar-refractivity contribution in [2.45, 2.75) is 25.0 Å². The molecule has 0 saturated carbocycles. The SMILES string of the molecule is CCOC(=O)c1ccc(NC(=O)CSc2nnc(C(C)NC(=O)c3cccc(Cl)c3)n2C)cc1. The molecule has 34 heavy (non-hydrogen) atoms. The Kier molecular flexibility index (Phi) is 8.67. The molecule has 0 aliphatic rings. The summed E-state index contributed by atoms with van der Waals surface area (Å²) in [6, 6.07) is 12.7.